The van der Waals surface area contributed by atoms with Crippen molar-refractivity contribution in [2.45, 2.75) is 13.3 Å². The van der Waals surface area contributed by atoms with Crippen molar-refractivity contribution < 1.29 is 4.79 Å². The summed E-state index contributed by atoms with van der Waals surface area (Å²) in [5.41, 5.74) is 8.80. The Labute approximate surface area is 118 Å². The number of benzene rings is 1. The number of amides is 1. The molecule has 1 aliphatic heterocycles. The highest BCUT2D eigenvalue weighted by atomic mass is 16.2. The van der Waals surface area contributed by atoms with Crippen LogP contribution >= 0.6 is 0 Å². The van der Waals surface area contributed by atoms with Crippen LogP contribution in [0.3, 0.4) is 0 Å². The summed E-state index contributed by atoms with van der Waals surface area (Å²) in [6.45, 7) is 2.85. The highest BCUT2D eigenvalue weighted by molar-refractivity contribution is 6.08. The molecule has 2 heterocycles. The maximum atomic E-state index is 12.7. The average molecular weight is 270 g/mol. The van der Waals surface area contributed by atoms with E-state index in [9.17, 15) is 4.79 Å². The first kappa shape index (κ1) is 12.7. The quantitative estimate of drug-likeness (QED) is 0.860. The molecule has 3 rings (SSSR count). The van der Waals surface area contributed by atoms with Crippen LogP contribution in [0.5, 0.6) is 0 Å². The first-order valence-electron chi connectivity index (χ1n) is 6.75. The number of anilines is 2. The molecule has 0 fully saturated rings. The Hall–Kier alpha value is -2.30. The van der Waals surface area contributed by atoms with Crippen molar-refractivity contribution in [2.24, 2.45) is 13.0 Å². The molecule has 1 aromatic carbocycles. The molecule has 2 aromatic rings. The molecule has 0 spiro atoms. The van der Waals surface area contributed by atoms with Crippen molar-refractivity contribution in [1.82, 2.24) is 9.78 Å². The predicted octanol–water partition coefficient (Wildman–Crippen LogP) is 1.84. The molecule has 0 saturated heterocycles. The van der Waals surface area contributed by atoms with E-state index < -0.39 is 0 Å². The minimum absolute atomic E-state index is 0.123. The molecule has 0 aliphatic carbocycles. The second kappa shape index (κ2) is 4.67. The van der Waals surface area contributed by atoms with Crippen LogP contribution in [0.15, 0.2) is 30.5 Å². The predicted molar refractivity (Wildman–Crippen MR) is 78.6 cm³/mol. The first-order valence-corrected chi connectivity index (χ1v) is 6.75. The van der Waals surface area contributed by atoms with Crippen LogP contribution in [0.1, 0.15) is 23.0 Å². The molecular formula is C15H18N4O. The molecule has 104 valence electrons. The summed E-state index contributed by atoms with van der Waals surface area (Å²) in [6, 6.07) is 8.02. The van der Waals surface area contributed by atoms with Crippen LogP contribution in [0.2, 0.25) is 0 Å². The van der Waals surface area contributed by atoms with Crippen LogP contribution in [0.25, 0.3) is 0 Å². The minimum Gasteiger partial charge on any atom is -0.396 e. The fourth-order valence-corrected chi connectivity index (χ4v) is 2.79. The number of nitrogens with two attached hydrogens (primary N) is 1. The fraction of sp³-hybridized carbons (Fsp3) is 0.333. The number of carbonyl (C=O) groups is 1. The SMILES string of the molecule is CC1Cc2ccccc2N(C(=O)c2nn(C)cc2N)C1. The maximum absolute atomic E-state index is 12.7. The molecule has 1 aromatic heterocycles. The lowest BCUT2D eigenvalue weighted by atomic mass is 9.93. The van der Waals surface area contributed by atoms with Crippen LogP contribution in [-0.4, -0.2) is 22.2 Å². The Balaban J connectivity index is 2.02. The van der Waals surface area contributed by atoms with Gasteiger partial charge in [-0.3, -0.25) is 9.48 Å². The molecular weight excluding hydrogens is 252 g/mol. The molecule has 20 heavy (non-hydrogen) atoms. The van der Waals surface area contributed by atoms with Crippen molar-refractivity contribution in [3.05, 3.63) is 41.7 Å². The Kier molecular flexibility index (Phi) is 2.97. The number of hydrogen-bond acceptors (Lipinski definition) is 3. The summed E-state index contributed by atoms with van der Waals surface area (Å²) in [5.74, 6) is 0.306. The van der Waals surface area contributed by atoms with Gasteiger partial charge in [0.25, 0.3) is 5.91 Å². The number of carbonyl (C=O) groups excluding carboxylic acids is 1. The van der Waals surface area contributed by atoms with Crippen LogP contribution in [0, 0.1) is 5.92 Å². The standard InChI is InChI=1S/C15H18N4O/c1-10-7-11-5-3-4-6-13(11)19(8-10)15(20)14-12(16)9-18(2)17-14/h3-6,9-10H,7-8,16H2,1-2H3. The van der Waals surface area contributed by atoms with E-state index in [4.69, 9.17) is 5.73 Å². The Bertz CT molecular complexity index is 662. The lowest BCUT2D eigenvalue weighted by Gasteiger charge is -2.32. The number of fused-ring (bicyclic) bond motifs is 1. The molecule has 0 saturated carbocycles. The third kappa shape index (κ3) is 2.05. The minimum atomic E-state index is -0.123. The number of para-hydroxylation sites is 1. The molecule has 1 unspecified atom stereocenters. The van der Waals surface area contributed by atoms with E-state index in [0.29, 0.717) is 23.8 Å². The molecule has 2 N–H and O–H groups in total. The van der Waals surface area contributed by atoms with Gasteiger partial charge < -0.3 is 10.6 Å². The van der Waals surface area contributed by atoms with Crippen molar-refractivity contribution >= 4 is 17.3 Å². The van der Waals surface area contributed by atoms with Gasteiger partial charge in [0.1, 0.15) is 0 Å². The van der Waals surface area contributed by atoms with Gasteiger partial charge >= 0.3 is 0 Å². The molecule has 1 atom stereocenters. The topological polar surface area (TPSA) is 64.2 Å². The maximum Gasteiger partial charge on any atom is 0.280 e. The normalized spacial score (nSPS) is 17.9. The van der Waals surface area contributed by atoms with Gasteiger partial charge in [-0.2, -0.15) is 5.10 Å². The lowest BCUT2D eigenvalue weighted by Crippen LogP contribution is -2.39. The number of nitrogen functional groups attached to an aromatic ring is 1. The zero-order valence-electron chi connectivity index (χ0n) is 11.7. The Morgan fingerprint density at radius 1 is 1.40 bits per heavy atom. The zero-order valence-corrected chi connectivity index (χ0v) is 11.7. The van der Waals surface area contributed by atoms with E-state index >= 15 is 0 Å². The largest absolute Gasteiger partial charge is 0.396 e. The van der Waals surface area contributed by atoms with Gasteiger partial charge in [-0.1, -0.05) is 25.1 Å². The Morgan fingerprint density at radius 3 is 2.85 bits per heavy atom. The third-order valence-electron chi connectivity index (χ3n) is 3.65. The summed E-state index contributed by atoms with van der Waals surface area (Å²) >= 11 is 0. The molecule has 5 heteroatoms. The molecule has 0 radical (unpaired) electrons. The first-order chi connectivity index (χ1) is 9.56. The third-order valence-corrected chi connectivity index (χ3v) is 3.65. The molecule has 1 amide bonds. The van der Waals surface area contributed by atoms with Crippen molar-refractivity contribution in [1.29, 1.82) is 0 Å². The van der Waals surface area contributed by atoms with Crippen LogP contribution in [0.4, 0.5) is 11.4 Å². The van der Waals surface area contributed by atoms with Gasteiger partial charge in [-0.15, -0.1) is 0 Å². The van der Waals surface area contributed by atoms with E-state index in [-0.39, 0.29) is 5.91 Å². The number of rotatable bonds is 1. The van der Waals surface area contributed by atoms with E-state index in [2.05, 4.69) is 18.1 Å². The zero-order chi connectivity index (χ0) is 14.3. The summed E-state index contributed by atoms with van der Waals surface area (Å²) < 4.78 is 1.57. The summed E-state index contributed by atoms with van der Waals surface area (Å²) in [4.78, 5) is 14.5. The smallest absolute Gasteiger partial charge is 0.280 e. The van der Waals surface area contributed by atoms with Crippen molar-refractivity contribution in [3.8, 4) is 0 Å². The monoisotopic (exact) mass is 270 g/mol. The van der Waals surface area contributed by atoms with E-state index in [1.165, 1.54) is 5.56 Å². The lowest BCUT2D eigenvalue weighted by molar-refractivity contribution is 0.0976. The molecule has 0 bridgehead atoms. The van der Waals surface area contributed by atoms with Gasteiger partial charge in [0.2, 0.25) is 0 Å². The van der Waals surface area contributed by atoms with Gasteiger partial charge in [-0.05, 0) is 24.0 Å². The molecule has 5 nitrogen and oxygen atoms in total. The van der Waals surface area contributed by atoms with Gasteiger partial charge in [0.05, 0.1) is 5.69 Å². The van der Waals surface area contributed by atoms with Crippen molar-refractivity contribution in [3.63, 3.8) is 0 Å². The number of aromatic nitrogens is 2. The molecule has 1 aliphatic rings. The van der Waals surface area contributed by atoms with Crippen molar-refractivity contribution in [2.75, 3.05) is 17.2 Å². The Morgan fingerprint density at radius 2 is 2.15 bits per heavy atom. The summed E-state index contributed by atoms with van der Waals surface area (Å²) in [6.07, 6.45) is 2.66. The van der Waals surface area contributed by atoms with E-state index in [0.717, 1.165) is 12.1 Å². The van der Waals surface area contributed by atoms with E-state index in [1.54, 1.807) is 22.8 Å². The highest BCUT2D eigenvalue weighted by Crippen LogP contribution is 2.31. The van der Waals surface area contributed by atoms with Gasteiger partial charge in [0.15, 0.2) is 5.69 Å². The second-order valence-electron chi connectivity index (χ2n) is 5.46. The van der Waals surface area contributed by atoms with Crippen LogP contribution in [-0.2, 0) is 13.5 Å². The number of nitrogens with zero attached hydrogens (tertiary/aromatic N) is 3. The fourth-order valence-electron chi connectivity index (χ4n) is 2.79. The summed E-state index contributed by atoms with van der Waals surface area (Å²) in [5, 5.41) is 4.18. The van der Waals surface area contributed by atoms with E-state index in [1.807, 2.05) is 18.2 Å². The summed E-state index contributed by atoms with van der Waals surface area (Å²) in [7, 11) is 1.76. The van der Waals surface area contributed by atoms with Gasteiger partial charge in [0, 0.05) is 25.5 Å². The van der Waals surface area contributed by atoms with Gasteiger partial charge in [-0.25, -0.2) is 0 Å². The number of hydrogen-bond donors (Lipinski definition) is 1. The average Bonchev–Trinajstić information content (AvgIpc) is 2.76. The second-order valence-corrected chi connectivity index (χ2v) is 5.46. The van der Waals surface area contributed by atoms with Crippen LogP contribution < -0.4 is 10.6 Å². The number of aryl methyl sites for hydroxylation is 1. The highest BCUT2D eigenvalue weighted by Gasteiger charge is 2.29.